The van der Waals surface area contributed by atoms with Crippen LogP contribution >= 0.6 is 0 Å². The summed E-state index contributed by atoms with van der Waals surface area (Å²) in [5.74, 6) is -0.0900. The van der Waals surface area contributed by atoms with Crippen LogP contribution in [0.5, 0.6) is 0 Å². The number of anilines is 1. The molecule has 1 aliphatic rings. The Morgan fingerprint density at radius 1 is 1.45 bits per heavy atom. The van der Waals surface area contributed by atoms with E-state index in [9.17, 15) is 9.90 Å². The Kier molecular flexibility index (Phi) is 4.60. The fourth-order valence-electron chi connectivity index (χ4n) is 2.82. The number of nitrogens with one attached hydrogen (secondary N) is 1. The molecule has 1 aliphatic carbocycles. The van der Waals surface area contributed by atoms with E-state index in [4.69, 9.17) is 0 Å². The van der Waals surface area contributed by atoms with Crippen LogP contribution in [-0.2, 0) is 0 Å². The molecule has 0 bridgehead atoms. The molecule has 2 N–H and O–H groups in total. The van der Waals surface area contributed by atoms with Crippen molar-refractivity contribution >= 4 is 11.6 Å². The monoisotopic (exact) mass is 277 g/mol. The van der Waals surface area contributed by atoms with Gasteiger partial charge in [0.2, 0.25) is 0 Å². The molecule has 2 unspecified atom stereocenters. The number of rotatable bonds is 3. The van der Waals surface area contributed by atoms with Crippen molar-refractivity contribution in [2.75, 3.05) is 19.4 Å². The average molecular weight is 277 g/mol. The number of nitrogens with zero attached hydrogens (tertiary/aromatic N) is 2. The lowest BCUT2D eigenvalue weighted by atomic mass is 9.91. The topological polar surface area (TPSA) is 65.5 Å². The van der Waals surface area contributed by atoms with E-state index < -0.39 is 6.10 Å². The minimum Gasteiger partial charge on any atom is -0.391 e. The van der Waals surface area contributed by atoms with Gasteiger partial charge in [-0.1, -0.05) is 12.8 Å². The first kappa shape index (κ1) is 14.8. The molecule has 2 atom stereocenters. The van der Waals surface area contributed by atoms with Crippen molar-refractivity contribution in [3.63, 3.8) is 0 Å². The normalized spacial score (nSPS) is 22.4. The molecule has 0 aliphatic heterocycles. The maximum absolute atomic E-state index is 12.6. The lowest BCUT2D eigenvalue weighted by Crippen LogP contribution is -2.46. The van der Waals surface area contributed by atoms with Gasteiger partial charge in [-0.3, -0.25) is 9.78 Å². The van der Waals surface area contributed by atoms with Crippen LogP contribution in [0.3, 0.4) is 0 Å². The third-order valence-corrected chi connectivity index (χ3v) is 4.05. The van der Waals surface area contributed by atoms with E-state index in [0.717, 1.165) is 37.1 Å². The first-order valence-electron chi connectivity index (χ1n) is 7.14. The maximum atomic E-state index is 12.6. The number of aliphatic hydroxyl groups excluding tert-OH is 1. The molecule has 5 nitrogen and oxygen atoms in total. The third kappa shape index (κ3) is 2.93. The highest BCUT2D eigenvalue weighted by atomic mass is 16.3. The van der Waals surface area contributed by atoms with E-state index in [0.29, 0.717) is 5.56 Å². The average Bonchev–Trinajstić information content (AvgIpc) is 2.46. The zero-order valence-corrected chi connectivity index (χ0v) is 12.4. The number of carbonyl (C=O) groups excluding carboxylic acids is 1. The molecular weight excluding hydrogens is 254 g/mol. The SMILES string of the molecule is CNc1cc(C)ncc1C(=O)N(C)C1CCCCC1O. The van der Waals surface area contributed by atoms with Crippen molar-refractivity contribution in [3.8, 4) is 0 Å². The van der Waals surface area contributed by atoms with Crippen molar-refractivity contribution in [1.82, 2.24) is 9.88 Å². The molecular formula is C15H23N3O2. The molecule has 110 valence electrons. The number of aryl methyl sites for hydroxylation is 1. The van der Waals surface area contributed by atoms with Crippen LogP contribution in [0.1, 0.15) is 41.7 Å². The molecule has 2 rings (SSSR count). The summed E-state index contributed by atoms with van der Waals surface area (Å²) in [5, 5.41) is 13.1. The quantitative estimate of drug-likeness (QED) is 0.884. The summed E-state index contributed by atoms with van der Waals surface area (Å²) < 4.78 is 0. The Morgan fingerprint density at radius 2 is 2.15 bits per heavy atom. The molecule has 1 saturated carbocycles. The van der Waals surface area contributed by atoms with E-state index >= 15 is 0 Å². The Morgan fingerprint density at radius 3 is 2.80 bits per heavy atom. The summed E-state index contributed by atoms with van der Waals surface area (Å²) in [6.07, 6.45) is 4.91. The summed E-state index contributed by atoms with van der Waals surface area (Å²) in [6.45, 7) is 1.89. The van der Waals surface area contributed by atoms with E-state index in [1.807, 2.05) is 13.0 Å². The molecule has 1 aromatic rings. The highest BCUT2D eigenvalue weighted by Crippen LogP contribution is 2.25. The van der Waals surface area contributed by atoms with Crippen molar-refractivity contribution in [2.24, 2.45) is 0 Å². The van der Waals surface area contributed by atoms with Crippen LogP contribution < -0.4 is 5.32 Å². The molecule has 1 amide bonds. The second-order valence-electron chi connectivity index (χ2n) is 5.46. The number of pyridine rings is 1. The van der Waals surface area contributed by atoms with Crippen LogP contribution in [0, 0.1) is 6.92 Å². The summed E-state index contributed by atoms with van der Waals surface area (Å²) in [6, 6.07) is 1.76. The molecule has 5 heteroatoms. The second-order valence-corrected chi connectivity index (χ2v) is 5.46. The number of carbonyl (C=O) groups is 1. The number of aliphatic hydroxyl groups is 1. The highest BCUT2D eigenvalue weighted by molar-refractivity contribution is 5.99. The van der Waals surface area contributed by atoms with Crippen molar-refractivity contribution < 1.29 is 9.90 Å². The zero-order chi connectivity index (χ0) is 14.7. The second kappa shape index (κ2) is 6.22. The van der Waals surface area contributed by atoms with Gasteiger partial charge in [0, 0.05) is 26.0 Å². The fraction of sp³-hybridized carbons (Fsp3) is 0.600. The summed E-state index contributed by atoms with van der Waals surface area (Å²) in [5.41, 5.74) is 2.20. The van der Waals surface area contributed by atoms with Gasteiger partial charge < -0.3 is 15.3 Å². The third-order valence-electron chi connectivity index (χ3n) is 4.05. The first-order chi connectivity index (χ1) is 9.54. The van der Waals surface area contributed by atoms with Crippen molar-refractivity contribution in [3.05, 3.63) is 23.5 Å². The molecule has 1 heterocycles. The maximum Gasteiger partial charge on any atom is 0.257 e. The van der Waals surface area contributed by atoms with Crippen LogP contribution in [0.25, 0.3) is 0 Å². The van der Waals surface area contributed by atoms with Gasteiger partial charge in [0.1, 0.15) is 0 Å². The highest BCUT2D eigenvalue weighted by Gasteiger charge is 2.30. The van der Waals surface area contributed by atoms with Crippen LogP contribution in [0.4, 0.5) is 5.69 Å². The van der Waals surface area contributed by atoms with Crippen LogP contribution in [0.2, 0.25) is 0 Å². The summed E-state index contributed by atoms with van der Waals surface area (Å²) >= 11 is 0. The Bertz CT molecular complexity index is 490. The van der Waals surface area contributed by atoms with Crippen molar-refractivity contribution in [1.29, 1.82) is 0 Å². The minimum absolute atomic E-state index is 0.0900. The Hall–Kier alpha value is -1.62. The number of hydrogen-bond donors (Lipinski definition) is 2. The molecule has 1 aromatic heterocycles. The van der Waals surface area contributed by atoms with Gasteiger partial charge >= 0.3 is 0 Å². The lowest BCUT2D eigenvalue weighted by Gasteiger charge is -2.35. The molecule has 0 saturated heterocycles. The van der Waals surface area contributed by atoms with Gasteiger partial charge in [0.25, 0.3) is 5.91 Å². The van der Waals surface area contributed by atoms with E-state index in [1.165, 1.54) is 0 Å². The number of aromatic nitrogens is 1. The van der Waals surface area contributed by atoms with E-state index in [2.05, 4.69) is 10.3 Å². The fourth-order valence-corrected chi connectivity index (χ4v) is 2.82. The van der Waals surface area contributed by atoms with Crippen LogP contribution in [0.15, 0.2) is 12.3 Å². The van der Waals surface area contributed by atoms with Gasteiger partial charge in [-0.2, -0.15) is 0 Å². The predicted molar refractivity (Wildman–Crippen MR) is 78.9 cm³/mol. The van der Waals surface area contributed by atoms with Gasteiger partial charge in [0.15, 0.2) is 0 Å². The van der Waals surface area contributed by atoms with Gasteiger partial charge in [-0.25, -0.2) is 0 Å². The van der Waals surface area contributed by atoms with Crippen molar-refractivity contribution in [2.45, 2.75) is 44.8 Å². The molecule has 0 radical (unpaired) electrons. The lowest BCUT2D eigenvalue weighted by molar-refractivity contribution is 0.0268. The van der Waals surface area contributed by atoms with E-state index in [-0.39, 0.29) is 11.9 Å². The molecule has 0 aromatic carbocycles. The first-order valence-corrected chi connectivity index (χ1v) is 7.14. The number of hydrogen-bond acceptors (Lipinski definition) is 4. The largest absolute Gasteiger partial charge is 0.391 e. The van der Waals surface area contributed by atoms with E-state index in [1.54, 1.807) is 25.2 Å². The number of likely N-dealkylation sites (N-methyl/N-ethyl adjacent to an activating group) is 1. The van der Waals surface area contributed by atoms with Gasteiger partial charge in [0.05, 0.1) is 23.4 Å². The predicted octanol–water partition coefficient (Wildman–Crippen LogP) is 1.81. The Balaban J connectivity index is 2.22. The molecule has 20 heavy (non-hydrogen) atoms. The summed E-state index contributed by atoms with van der Waals surface area (Å²) in [4.78, 5) is 18.5. The van der Waals surface area contributed by atoms with Gasteiger partial charge in [-0.15, -0.1) is 0 Å². The Labute approximate surface area is 120 Å². The minimum atomic E-state index is -0.422. The smallest absolute Gasteiger partial charge is 0.257 e. The molecule has 1 fully saturated rings. The zero-order valence-electron chi connectivity index (χ0n) is 12.4. The standard InChI is InChI=1S/C15H23N3O2/c1-10-8-12(16-2)11(9-17-10)15(20)18(3)13-6-4-5-7-14(13)19/h8-9,13-14,19H,4-7H2,1-3H3,(H,16,17). The van der Waals surface area contributed by atoms with Gasteiger partial charge in [-0.05, 0) is 25.8 Å². The van der Waals surface area contributed by atoms with Crippen LogP contribution in [-0.4, -0.2) is 47.1 Å². The summed E-state index contributed by atoms with van der Waals surface area (Å²) in [7, 11) is 3.56. The molecule has 0 spiro atoms. The number of amides is 1.